The number of thioether (sulfide) groups is 1. The lowest BCUT2D eigenvalue weighted by molar-refractivity contribution is 0.438. The number of aryl methyl sites for hydroxylation is 1. The van der Waals surface area contributed by atoms with Crippen LogP contribution in [0.25, 0.3) is 0 Å². The molecule has 106 valence electrons. The predicted molar refractivity (Wildman–Crippen MR) is 87.1 cm³/mol. The van der Waals surface area contributed by atoms with Crippen LogP contribution in [0.5, 0.6) is 0 Å². The zero-order chi connectivity index (χ0) is 14.0. The van der Waals surface area contributed by atoms with Crippen molar-refractivity contribution < 1.29 is 0 Å². The summed E-state index contributed by atoms with van der Waals surface area (Å²) in [6.45, 7) is 10.1. The minimum absolute atomic E-state index is 0.436. The summed E-state index contributed by atoms with van der Waals surface area (Å²) >= 11 is 8.48. The standard InChI is InChI=1S/C16H24ClNS/c1-5-6-18-15-12-7-11(4)8-14(17)13(12)9-19-16(15)10(2)3/h7-8,10,15-16,18H,5-6,9H2,1-4H3. The third kappa shape index (κ3) is 3.29. The fourth-order valence-electron chi connectivity index (χ4n) is 2.78. The molecule has 0 saturated carbocycles. The maximum Gasteiger partial charge on any atom is 0.0452 e. The van der Waals surface area contributed by atoms with Crippen LogP contribution in [0.15, 0.2) is 12.1 Å². The normalized spacial score (nSPS) is 22.6. The first kappa shape index (κ1) is 15.2. The van der Waals surface area contributed by atoms with Crippen LogP contribution in [0.2, 0.25) is 5.02 Å². The van der Waals surface area contributed by atoms with Crippen molar-refractivity contribution >= 4 is 23.4 Å². The van der Waals surface area contributed by atoms with Gasteiger partial charge in [0.05, 0.1) is 0 Å². The summed E-state index contributed by atoms with van der Waals surface area (Å²) in [4.78, 5) is 0. The Bertz CT molecular complexity index is 445. The van der Waals surface area contributed by atoms with Gasteiger partial charge in [-0.1, -0.05) is 38.4 Å². The van der Waals surface area contributed by atoms with Crippen LogP contribution in [-0.4, -0.2) is 11.8 Å². The van der Waals surface area contributed by atoms with Crippen molar-refractivity contribution in [1.82, 2.24) is 5.32 Å². The SMILES string of the molecule is CCCNC1c2cc(C)cc(Cl)c2CSC1C(C)C. The molecule has 2 rings (SSSR count). The molecule has 1 aliphatic heterocycles. The van der Waals surface area contributed by atoms with E-state index in [0.29, 0.717) is 17.2 Å². The molecule has 3 heteroatoms. The second-order valence-electron chi connectivity index (χ2n) is 5.77. The number of halogens is 1. The Balaban J connectivity index is 2.39. The van der Waals surface area contributed by atoms with E-state index in [-0.39, 0.29) is 0 Å². The maximum atomic E-state index is 6.43. The molecule has 0 radical (unpaired) electrons. The number of fused-ring (bicyclic) bond motifs is 1. The zero-order valence-corrected chi connectivity index (χ0v) is 13.9. The minimum atomic E-state index is 0.436. The summed E-state index contributed by atoms with van der Waals surface area (Å²) in [6.07, 6.45) is 1.17. The molecule has 0 fully saturated rings. The van der Waals surface area contributed by atoms with E-state index in [9.17, 15) is 0 Å². The largest absolute Gasteiger partial charge is 0.309 e. The summed E-state index contributed by atoms with van der Waals surface area (Å²) in [5, 5.41) is 5.31. The van der Waals surface area contributed by atoms with Crippen LogP contribution in [-0.2, 0) is 5.75 Å². The Hall–Kier alpha value is -0.180. The van der Waals surface area contributed by atoms with Crippen molar-refractivity contribution in [2.45, 2.75) is 51.2 Å². The lowest BCUT2D eigenvalue weighted by atomic mass is 9.91. The molecule has 0 spiro atoms. The zero-order valence-electron chi connectivity index (χ0n) is 12.3. The van der Waals surface area contributed by atoms with Crippen LogP contribution in [0.1, 0.15) is 49.9 Å². The van der Waals surface area contributed by atoms with Crippen LogP contribution in [0, 0.1) is 12.8 Å². The van der Waals surface area contributed by atoms with Crippen molar-refractivity contribution in [3.63, 3.8) is 0 Å². The molecule has 2 unspecified atom stereocenters. The second kappa shape index (κ2) is 6.51. The van der Waals surface area contributed by atoms with Crippen molar-refractivity contribution in [2.75, 3.05) is 6.54 Å². The second-order valence-corrected chi connectivity index (χ2v) is 7.34. The fourth-order valence-corrected chi connectivity index (χ4v) is 4.71. The smallest absolute Gasteiger partial charge is 0.0452 e. The number of rotatable bonds is 4. The molecule has 2 atom stereocenters. The van der Waals surface area contributed by atoms with Gasteiger partial charge in [0.15, 0.2) is 0 Å². The van der Waals surface area contributed by atoms with Crippen LogP contribution in [0.4, 0.5) is 0 Å². The molecule has 1 nitrogen and oxygen atoms in total. The first-order valence-corrected chi connectivity index (χ1v) is 8.61. The van der Waals surface area contributed by atoms with Gasteiger partial charge in [0.1, 0.15) is 0 Å². The van der Waals surface area contributed by atoms with E-state index in [1.54, 1.807) is 0 Å². The van der Waals surface area contributed by atoms with Crippen molar-refractivity contribution in [3.05, 3.63) is 33.8 Å². The molecule has 0 aromatic heterocycles. The van der Waals surface area contributed by atoms with Crippen molar-refractivity contribution in [1.29, 1.82) is 0 Å². The van der Waals surface area contributed by atoms with E-state index in [4.69, 9.17) is 11.6 Å². The minimum Gasteiger partial charge on any atom is -0.309 e. The first-order chi connectivity index (χ1) is 9.04. The van der Waals surface area contributed by atoms with Crippen molar-refractivity contribution in [3.8, 4) is 0 Å². The van der Waals surface area contributed by atoms with Gasteiger partial charge in [-0.05, 0) is 48.6 Å². The maximum absolute atomic E-state index is 6.43. The number of benzene rings is 1. The van der Waals surface area contributed by atoms with Gasteiger partial charge in [-0.25, -0.2) is 0 Å². The Labute approximate surface area is 126 Å². The topological polar surface area (TPSA) is 12.0 Å². The third-order valence-corrected chi connectivity index (χ3v) is 5.72. The van der Waals surface area contributed by atoms with E-state index >= 15 is 0 Å². The molecule has 1 N–H and O–H groups in total. The van der Waals surface area contributed by atoms with Gasteiger partial charge in [-0.15, -0.1) is 0 Å². The monoisotopic (exact) mass is 297 g/mol. The molecular weight excluding hydrogens is 274 g/mol. The van der Waals surface area contributed by atoms with E-state index < -0.39 is 0 Å². The van der Waals surface area contributed by atoms with E-state index in [0.717, 1.165) is 17.3 Å². The molecular formula is C16H24ClNS. The lowest BCUT2D eigenvalue weighted by Gasteiger charge is -2.37. The predicted octanol–water partition coefficient (Wildman–Crippen LogP) is 4.96. The van der Waals surface area contributed by atoms with Gasteiger partial charge in [-0.3, -0.25) is 0 Å². The summed E-state index contributed by atoms with van der Waals surface area (Å²) in [5.41, 5.74) is 4.03. The first-order valence-electron chi connectivity index (χ1n) is 7.18. The van der Waals surface area contributed by atoms with Gasteiger partial charge >= 0.3 is 0 Å². The third-order valence-electron chi connectivity index (χ3n) is 3.73. The number of hydrogen-bond acceptors (Lipinski definition) is 2. The van der Waals surface area contributed by atoms with Gasteiger partial charge in [0.25, 0.3) is 0 Å². The van der Waals surface area contributed by atoms with Gasteiger partial charge in [0, 0.05) is 22.1 Å². The molecule has 0 aliphatic carbocycles. The average Bonchev–Trinajstić information content (AvgIpc) is 2.35. The molecule has 0 bridgehead atoms. The summed E-state index contributed by atoms with van der Waals surface area (Å²) in [7, 11) is 0. The molecule has 0 saturated heterocycles. The van der Waals surface area contributed by atoms with Crippen molar-refractivity contribution in [2.24, 2.45) is 5.92 Å². The number of nitrogens with one attached hydrogen (secondary N) is 1. The molecule has 1 aliphatic rings. The Morgan fingerprint density at radius 1 is 1.42 bits per heavy atom. The Kier molecular flexibility index (Phi) is 5.22. The molecule has 1 aromatic carbocycles. The quantitative estimate of drug-likeness (QED) is 0.843. The highest BCUT2D eigenvalue weighted by molar-refractivity contribution is 7.99. The molecule has 1 aromatic rings. The molecule has 1 heterocycles. The van der Waals surface area contributed by atoms with E-state index in [1.807, 2.05) is 11.8 Å². The summed E-state index contributed by atoms with van der Waals surface area (Å²) in [5.74, 6) is 1.72. The van der Waals surface area contributed by atoms with E-state index in [1.165, 1.54) is 23.1 Å². The highest BCUT2D eigenvalue weighted by Gasteiger charge is 2.32. The van der Waals surface area contributed by atoms with Gasteiger partial charge in [0.2, 0.25) is 0 Å². The number of hydrogen-bond donors (Lipinski definition) is 1. The lowest BCUT2D eigenvalue weighted by Crippen LogP contribution is -2.37. The Morgan fingerprint density at radius 2 is 2.16 bits per heavy atom. The van der Waals surface area contributed by atoms with E-state index in [2.05, 4.69) is 45.1 Å². The summed E-state index contributed by atoms with van der Waals surface area (Å²) in [6, 6.07) is 4.85. The van der Waals surface area contributed by atoms with Gasteiger partial charge in [-0.2, -0.15) is 11.8 Å². The molecule has 19 heavy (non-hydrogen) atoms. The fraction of sp³-hybridized carbons (Fsp3) is 0.625. The molecule has 0 amide bonds. The van der Waals surface area contributed by atoms with Crippen LogP contribution >= 0.6 is 23.4 Å². The van der Waals surface area contributed by atoms with Gasteiger partial charge < -0.3 is 5.32 Å². The highest BCUT2D eigenvalue weighted by Crippen LogP contribution is 2.43. The van der Waals surface area contributed by atoms with Crippen LogP contribution < -0.4 is 5.32 Å². The Morgan fingerprint density at radius 3 is 2.79 bits per heavy atom. The van der Waals surface area contributed by atoms with Crippen LogP contribution in [0.3, 0.4) is 0 Å². The highest BCUT2D eigenvalue weighted by atomic mass is 35.5. The summed E-state index contributed by atoms with van der Waals surface area (Å²) < 4.78 is 0. The average molecular weight is 298 g/mol.